The molecule has 3 amide bonds. The van der Waals surface area contributed by atoms with Crippen LogP contribution in [0.15, 0.2) is 0 Å². The highest BCUT2D eigenvalue weighted by molar-refractivity contribution is 7.98. The van der Waals surface area contributed by atoms with Gasteiger partial charge in [-0.05, 0) is 51.2 Å². The van der Waals surface area contributed by atoms with E-state index in [1.807, 2.05) is 6.26 Å². The fraction of sp³-hybridized carbons (Fsp3) is 0.722. The fourth-order valence-electron chi connectivity index (χ4n) is 2.87. The number of carbonyl (C=O) groups excluding carboxylic acids is 3. The van der Waals surface area contributed by atoms with Gasteiger partial charge in [0.2, 0.25) is 17.7 Å². The third-order valence-corrected chi connectivity index (χ3v) is 5.27. The lowest BCUT2D eigenvalue weighted by Gasteiger charge is -2.24. The Kier molecular flexibility index (Phi) is 11.2. The van der Waals surface area contributed by atoms with Gasteiger partial charge in [0.15, 0.2) is 0 Å². The lowest BCUT2D eigenvalue weighted by molar-refractivity contribution is -0.142. The van der Waals surface area contributed by atoms with Crippen molar-refractivity contribution >= 4 is 41.4 Å². The summed E-state index contributed by atoms with van der Waals surface area (Å²) in [4.78, 5) is 59.4. The Morgan fingerprint density at radius 3 is 2.20 bits per heavy atom. The summed E-state index contributed by atoms with van der Waals surface area (Å²) in [6.07, 6.45) is 3.09. The second-order valence-electron chi connectivity index (χ2n) is 7.05. The summed E-state index contributed by atoms with van der Waals surface area (Å²) >= 11 is 1.49. The Labute approximate surface area is 179 Å². The highest BCUT2D eigenvalue weighted by atomic mass is 32.2. The first-order valence-corrected chi connectivity index (χ1v) is 11.1. The molecule has 0 aromatic heterocycles. The van der Waals surface area contributed by atoms with Gasteiger partial charge in [-0.15, -0.1) is 0 Å². The van der Waals surface area contributed by atoms with Crippen molar-refractivity contribution in [1.82, 2.24) is 21.3 Å². The van der Waals surface area contributed by atoms with Crippen molar-refractivity contribution < 1.29 is 34.2 Å². The van der Waals surface area contributed by atoms with Crippen molar-refractivity contribution in [3.05, 3.63) is 0 Å². The van der Waals surface area contributed by atoms with Gasteiger partial charge in [0.25, 0.3) is 0 Å². The molecule has 0 radical (unpaired) electrons. The van der Waals surface area contributed by atoms with Gasteiger partial charge in [-0.3, -0.25) is 24.0 Å². The van der Waals surface area contributed by atoms with Crippen molar-refractivity contribution in [1.29, 1.82) is 0 Å². The number of carboxylic acid groups (broad SMARTS) is 2. The van der Waals surface area contributed by atoms with Crippen molar-refractivity contribution in [2.45, 2.75) is 63.2 Å². The number of carbonyl (C=O) groups is 5. The smallest absolute Gasteiger partial charge is 0.325 e. The quantitative estimate of drug-likeness (QED) is 0.205. The maximum Gasteiger partial charge on any atom is 0.325 e. The van der Waals surface area contributed by atoms with Gasteiger partial charge >= 0.3 is 11.9 Å². The number of nitrogens with one attached hydrogen (secondary N) is 4. The molecule has 11 nitrogen and oxygen atoms in total. The minimum Gasteiger partial charge on any atom is -0.481 e. The van der Waals surface area contributed by atoms with Crippen LogP contribution in [-0.2, 0) is 24.0 Å². The number of rotatable bonds is 13. The second-order valence-corrected chi connectivity index (χ2v) is 8.04. The fourth-order valence-corrected chi connectivity index (χ4v) is 3.34. The van der Waals surface area contributed by atoms with Crippen molar-refractivity contribution in [2.24, 2.45) is 0 Å². The number of hydrogen-bond donors (Lipinski definition) is 6. The Hall–Kier alpha value is -2.34. The molecule has 12 heteroatoms. The minimum absolute atomic E-state index is 0.216. The topological polar surface area (TPSA) is 174 Å². The predicted octanol–water partition coefficient (Wildman–Crippen LogP) is -1.08. The minimum atomic E-state index is -1.26. The Morgan fingerprint density at radius 1 is 1.03 bits per heavy atom. The summed E-state index contributed by atoms with van der Waals surface area (Å²) in [7, 11) is 0. The van der Waals surface area contributed by atoms with Crippen LogP contribution in [0, 0.1) is 0 Å². The highest BCUT2D eigenvalue weighted by Crippen LogP contribution is 2.08. The molecule has 1 fully saturated rings. The highest BCUT2D eigenvalue weighted by Gasteiger charge is 2.30. The van der Waals surface area contributed by atoms with E-state index in [-0.39, 0.29) is 18.4 Å². The van der Waals surface area contributed by atoms with E-state index >= 15 is 0 Å². The number of carboxylic acids is 2. The zero-order chi connectivity index (χ0) is 22.7. The lowest BCUT2D eigenvalue weighted by Crippen LogP contribution is -2.57. The molecule has 170 valence electrons. The van der Waals surface area contributed by atoms with E-state index in [0.717, 1.165) is 13.0 Å². The van der Waals surface area contributed by atoms with Crippen LogP contribution in [0.4, 0.5) is 0 Å². The first kappa shape index (κ1) is 25.7. The number of aliphatic carboxylic acids is 2. The summed E-state index contributed by atoms with van der Waals surface area (Å²) in [6, 6.07) is -3.72. The molecule has 0 aromatic carbocycles. The largest absolute Gasteiger partial charge is 0.481 e. The normalized spacial score (nSPS) is 18.7. The number of thioether (sulfide) groups is 1. The van der Waals surface area contributed by atoms with Gasteiger partial charge < -0.3 is 31.5 Å². The van der Waals surface area contributed by atoms with Crippen molar-refractivity contribution in [3.8, 4) is 0 Å². The van der Waals surface area contributed by atoms with E-state index in [2.05, 4.69) is 21.3 Å². The van der Waals surface area contributed by atoms with Crippen molar-refractivity contribution in [2.75, 3.05) is 18.6 Å². The van der Waals surface area contributed by atoms with Crippen LogP contribution in [0.5, 0.6) is 0 Å². The number of hydrogen-bond acceptors (Lipinski definition) is 7. The van der Waals surface area contributed by atoms with Crippen LogP contribution in [-0.4, -0.2) is 82.6 Å². The van der Waals surface area contributed by atoms with Crippen molar-refractivity contribution in [3.63, 3.8) is 0 Å². The monoisotopic (exact) mass is 446 g/mol. The third-order valence-electron chi connectivity index (χ3n) is 4.63. The van der Waals surface area contributed by atoms with Gasteiger partial charge in [0.05, 0.1) is 6.04 Å². The van der Waals surface area contributed by atoms with Crippen LogP contribution in [0.1, 0.15) is 39.0 Å². The summed E-state index contributed by atoms with van der Waals surface area (Å²) in [5, 5.41) is 28.3. The van der Waals surface area contributed by atoms with E-state index in [1.54, 1.807) is 0 Å². The zero-order valence-corrected chi connectivity index (χ0v) is 17.9. The molecule has 1 saturated heterocycles. The predicted molar refractivity (Wildman–Crippen MR) is 110 cm³/mol. The molecule has 0 saturated carbocycles. The molecule has 6 N–H and O–H groups in total. The first-order valence-electron chi connectivity index (χ1n) is 9.73. The third kappa shape index (κ3) is 8.99. The van der Waals surface area contributed by atoms with Crippen LogP contribution >= 0.6 is 11.8 Å². The second kappa shape index (κ2) is 13.1. The van der Waals surface area contributed by atoms with Crippen LogP contribution in [0.25, 0.3) is 0 Å². The molecule has 0 bridgehead atoms. The molecule has 1 aliphatic heterocycles. The Morgan fingerprint density at radius 2 is 1.67 bits per heavy atom. The van der Waals surface area contributed by atoms with E-state index in [0.29, 0.717) is 18.6 Å². The molecule has 1 aliphatic rings. The Balaban J connectivity index is 2.84. The average Bonchev–Trinajstić information content (AvgIpc) is 3.22. The van der Waals surface area contributed by atoms with E-state index in [1.165, 1.54) is 18.7 Å². The Bertz CT molecular complexity index is 640. The molecule has 1 heterocycles. The van der Waals surface area contributed by atoms with E-state index < -0.39 is 48.3 Å². The molecule has 1 rings (SSSR count). The van der Waals surface area contributed by atoms with Crippen LogP contribution < -0.4 is 21.3 Å². The van der Waals surface area contributed by atoms with Gasteiger partial charge in [0.1, 0.15) is 18.1 Å². The van der Waals surface area contributed by atoms with Gasteiger partial charge in [-0.2, -0.15) is 11.8 Å². The molecule has 0 aromatic rings. The molecular weight excluding hydrogens is 416 g/mol. The summed E-state index contributed by atoms with van der Waals surface area (Å²) in [5.41, 5.74) is 0. The standard InChI is InChI=1S/C18H30N4O7S/c1-10(18(28)29)20-16(26)12(5-6-14(23)24)21-17(27)13(7-9-30-2)22-15(25)11-4-3-8-19-11/h10-13,19H,3-9H2,1-2H3,(H,20,26)(H,21,27)(H,22,25)(H,23,24)(H,28,29). The molecule has 4 atom stereocenters. The summed E-state index contributed by atoms with van der Waals surface area (Å²) in [6.45, 7) is 1.98. The van der Waals surface area contributed by atoms with E-state index in [4.69, 9.17) is 10.2 Å². The molecular formula is C18H30N4O7S. The summed E-state index contributed by atoms with van der Waals surface area (Å²) in [5.74, 6) is -3.57. The van der Waals surface area contributed by atoms with E-state index in [9.17, 15) is 24.0 Å². The maximum atomic E-state index is 12.8. The van der Waals surface area contributed by atoms with Crippen LogP contribution in [0.3, 0.4) is 0 Å². The lowest BCUT2D eigenvalue weighted by atomic mass is 10.1. The molecule has 30 heavy (non-hydrogen) atoms. The first-order chi connectivity index (χ1) is 14.1. The van der Waals surface area contributed by atoms with Crippen LogP contribution in [0.2, 0.25) is 0 Å². The van der Waals surface area contributed by atoms with Gasteiger partial charge in [0, 0.05) is 6.42 Å². The number of amides is 3. The molecule has 4 unspecified atom stereocenters. The van der Waals surface area contributed by atoms with Gasteiger partial charge in [-0.25, -0.2) is 0 Å². The molecule has 0 aliphatic carbocycles. The maximum absolute atomic E-state index is 12.8. The van der Waals surface area contributed by atoms with Gasteiger partial charge in [-0.1, -0.05) is 0 Å². The summed E-state index contributed by atoms with van der Waals surface area (Å²) < 4.78 is 0. The SMILES string of the molecule is CSCCC(NC(=O)C1CCCN1)C(=O)NC(CCC(=O)O)C(=O)NC(C)C(=O)O. The molecule has 0 spiro atoms. The average molecular weight is 447 g/mol. The zero-order valence-electron chi connectivity index (χ0n) is 17.1.